The van der Waals surface area contributed by atoms with Crippen LogP contribution in [-0.2, 0) is 9.53 Å². The van der Waals surface area contributed by atoms with E-state index in [2.05, 4.69) is 10.6 Å². The predicted molar refractivity (Wildman–Crippen MR) is 63.5 cm³/mol. The first-order valence-electron chi connectivity index (χ1n) is 5.23. The SMILES string of the molecule is CC(C)(C)OC(=O)N[C@H]1CSCCNC1=O. The van der Waals surface area contributed by atoms with Gasteiger partial charge in [0.05, 0.1) is 0 Å². The number of ether oxygens (including phenoxy) is 1. The Morgan fingerprint density at radius 2 is 2.25 bits per heavy atom. The summed E-state index contributed by atoms with van der Waals surface area (Å²) >= 11 is 1.63. The van der Waals surface area contributed by atoms with E-state index in [-0.39, 0.29) is 5.91 Å². The summed E-state index contributed by atoms with van der Waals surface area (Å²) in [6, 6.07) is -0.498. The zero-order valence-electron chi connectivity index (χ0n) is 9.83. The molecule has 1 rings (SSSR count). The lowest BCUT2D eigenvalue weighted by Crippen LogP contribution is -2.48. The zero-order chi connectivity index (χ0) is 12.2. The van der Waals surface area contributed by atoms with E-state index < -0.39 is 17.7 Å². The summed E-state index contributed by atoms with van der Waals surface area (Å²) in [4.78, 5) is 23.0. The van der Waals surface area contributed by atoms with Crippen LogP contribution in [0.3, 0.4) is 0 Å². The number of rotatable bonds is 1. The van der Waals surface area contributed by atoms with Gasteiger partial charge in [-0.2, -0.15) is 11.8 Å². The molecule has 0 aliphatic carbocycles. The molecule has 1 saturated heterocycles. The Kier molecular flexibility index (Phi) is 4.46. The van der Waals surface area contributed by atoms with Gasteiger partial charge in [-0.15, -0.1) is 0 Å². The van der Waals surface area contributed by atoms with Crippen LogP contribution in [0.15, 0.2) is 0 Å². The molecule has 1 heterocycles. The fourth-order valence-electron chi connectivity index (χ4n) is 1.20. The molecule has 2 N–H and O–H groups in total. The highest BCUT2D eigenvalue weighted by Crippen LogP contribution is 2.09. The lowest BCUT2D eigenvalue weighted by atomic mass is 10.2. The van der Waals surface area contributed by atoms with E-state index in [1.54, 1.807) is 32.5 Å². The van der Waals surface area contributed by atoms with Crippen LogP contribution in [-0.4, -0.2) is 41.7 Å². The molecule has 16 heavy (non-hydrogen) atoms. The van der Waals surface area contributed by atoms with Gasteiger partial charge >= 0.3 is 6.09 Å². The van der Waals surface area contributed by atoms with Crippen molar-refractivity contribution in [2.45, 2.75) is 32.4 Å². The van der Waals surface area contributed by atoms with Gasteiger partial charge in [0, 0.05) is 18.1 Å². The smallest absolute Gasteiger partial charge is 0.408 e. The molecule has 0 saturated carbocycles. The largest absolute Gasteiger partial charge is 0.444 e. The lowest BCUT2D eigenvalue weighted by Gasteiger charge is -2.22. The van der Waals surface area contributed by atoms with E-state index in [0.717, 1.165) is 5.75 Å². The van der Waals surface area contributed by atoms with Crippen molar-refractivity contribution >= 4 is 23.8 Å². The minimum absolute atomic E-state index is 0.143. The Hall–Kier alpha value is -0.910. The number of carbonyl (C=O) groups is 2. The molecule has 0 unspecified atom stereocenters. The van der Waals surface area contributed by atoms with Gasteiger partial charge in [0.1, 0.15) is 11.6 Å². The zero-order valence-corrected chi connectivity index (χ0v) is 10.6. The van der Waals surface area contributed by atoms with Crippen molar-refractivity contribution in [3.63, 3.8) is 0 Å². The van der Waals surface area contributed by atoms with E-state index >= 15 is 0 Å². The topological polar surface area (TPSA) is 67.4 Å². The van der Waals surface area contributed by atoms with Crippen LogP contribution in [0.2, 0.25) is 0 Å². The molecule has 1 aliphatic rings. The average Bonchev–Trinajstić information content (AvgIpc) is 2.29. The van der Waals surface area contributed by atoms with Crippen LogP contribution < -0.4 is 10.6 Å². The van der Waals surface area contributed by atoms with E-state index in [1.165, 1.54) is 0 Å². The molecule has 2 amide bonds. The fourth-order valence-corrected chi connectivity index (χ4v) is 2.09. The molecular weight excluding hydrogens is 228 g/mol. The highest BCUT2D eigenvalue weighted by molar-refractivity contribution is 7.99. The molecule has 1 fully saturated rings. The third-order valence-electron chi connectivity index (χ3n) is 1.84. The summed E-state index contributed by atoms with van der Waals surface area (Å²) in [7, 11) is 0. The third kappa shape index (κ3) is 4.74. The van der Waals surface area contributed by atoms with Crippen molar-refractivity contribution in [2.24, 2.45) is 0 Å². The predicted octanol–water partition coefficient (Wildman–Crippen LogP) is 0.743. The van der Waals surface area contributed by atoms with Crippen molar-refractivity contribution in [2.75, 3.05) is 18.1 Å². The Balaban J connectivity index is 2.45. The second kappa shape index (κ2) is 5.43. The van der Waals surface area contributed by atoms with E-state index in [1.807, 2.05) is 0 Å². The van der Waals surface area contributed by atoms with Gasteiger partial charge in [-0.05, 0) is 20.8 Å². The van der Waals surface area contributed by atoms with Gasteiger partial charge in [0.2, 0.25) is 5.91 Å². The van der Waals surface area contributed by atoms with Gasteiger partial charge in [-0.25, -0.2) is 4.79 Å². The summed E-state index contributed by atoms with van der Waals surface area (Å²) in [5.41, 5.74) is -0.543. The van der Waals surface area contributed by atoms with Crippen LogP contribution in [0.4, 0.5) is 4.79 Å². The number of alkyl carbamates (subject to hydrolysis) is 1. The highest BCUT2D eigenvalue weighted by Gasteiger charge is 2.25. The number of hydrogen-bond acceptors (Lipinski definition) is 4. The van der Waals surface area contributed by atoms with Gasteiger partial charge in [-0.3, -0.25) is 4.79 Å². The number of thioether (sulfide) groups is 1. The summed E-state index contributed by atoms with van der Waals surface area (Å²) in [6.45, 7) is 6.01. The van der Waals surface area contributed by atoms with Crippen molar-refractivity contribution in [1.29, 1.82) is 0 Å². The van der Waals surface area contributed by atoms with Gasteiger partial charge in [0.15, 0.2) is 0 Å². The number of nitrogens with one attached hydrogen (secondary N) is 2. The molecule has 1 aliphatic heterocycles. The summed E-state index contributed by atoms with van der Waals surface area (Å²) in [5, 5.41) is 5.30. The molecular formula is C10H18N2O3S. The summed E-state index contributed by atoms with van der Waals surface area (Å²) < 4.78 is 5.09. The Morgan fingerprint density at radius 3 is 2.88 bits per heavy atom. The first-order valence-corrected chi connectivity index (χ1v) is 6.39. The maximum atomic E-state index is 11.5. The molecule has 92 valence electrons. The highest BCUT2D eigenvalue weighted by atomic mass is 32.2. The lowest BCUT2D eigenvalue weighted by molar-refractivity contribution is -0.122. The Bertz CT molecular complexity index is 276. The Labute approximate surface area is 99.7 Å². The summed E-state index contributed by atoms with van der Waals surface area (Å²) in [5.74, 6) is 1.32. The quantitative estimate of drug-likeness (QED) is 0.716. The Morgan fingerprint density at radius 1 is 1.56 bits per heavy atom. The average molecular weight is 246 g/mol. The van der Waals surface area contributed by atoms with Crippen LogP contribution in [0.1, 0.15) is 20.8 Å². The number of amides is 2. The third-order valence-corrected chi connectivity index (χ3v) is 2.90. The molecule has 0 radical (unpaired) electrons. The standard InChI is InChI=1S/C10H18N2O3S/c1-10(2,3)15-9(14)12-7-6-16-5-4-11-8(7)13/h7H,4-6H2,1-3H3,(H,11,13)(H,12,14)/t7-/m0/s1. The van der Waals surface area contributed by atoms with Gasteiger partial charge in [0.25, 0.3) is 0 Å². The normalized spacial score (nSPS) is 21.9. The first kappa shape index (κ1) is 13.2. The van der Waals surface area contributed by atoms with Crippen LogP contribution >= 0.6 is 11.8 Å². The monoisotopic (exact) mass is 246 g/mol. The van der Waals surface area contributed by atoms with Crippen LogP contribution in [0.25, 0.3) is 0 Å². The maximum Gasteiger partial charge on any atom is 0.408 e. The molecule has 0 aromatic heterocycles. The van der Waals surface area contributed by atoms with E-state index in [9.17, 15) is 9.59 Å². The molecule has 5 nitrogen and oxygen atoms in total. The van der Waals surface area contributed by atoms with Crippen molar-refractivity contribution in [3.05, 3.63) is 0 Å². The minimum atomic E-state index is -0.546. The maximum absolute atomic E-state index is 11.5. The summed E-state index contributed by atoms with van der Waals surface area (Å²) in [6.07, 6.45) is -0.546. The minimum Gasteiger partial charge on any atom is -0.444 e. The van der Waals surface area contributed by atoms with Gasteiger partial charge < -0.3 is 15.4 Å². The van der Waals surface area contributed by atoms with Crippen LogP contribution in [0.5, 0.6) is 0 Å². The van der Waals surface area contributed by atoms with Crippen molar-refractivity contribution in [3.8, 4) is 0 Å². The van der Waals surface area contributed by atoms with Crippen molar-refractivity contribution in [1.82, 2.24) is 10.6 Å². The molecule has 0 spiro atoms. The molecule has 0 aromatic rings. The first-order chi connectivity index (χ1) is 7.38. The molecule has 0 bridgehead atoms. The van der Waals surface area contributed by atoms with Gasteiger partial charge in [-0.1, -0.05) is 0 Å². The fraction of sp³-hybridized carbons (Fsp3) is 0.800. The number of hydrogen-bond donors (Lipinski definition) is 2. The van der Waals surface area contributed by atoms with Crippen LogP contribution in [0, 0.1) is 0 Å². The van der Waals surface area contributed by atoms with Crippen molar-refractivity contribution < 1.29 is 14.3 Å². The molecule has 1 atom stereocenters. The molecule has 0 aromatic carbocycles. The number of carbonyl (C=O) groups excluding carboxylic acids is 2. The molecule has 6 heteroatoms. The van der Waals surface area contributed by atoms with E-state index in [4.69, 9.17) is 4.74 Å². The van der Waals surface area contributed by atoms with E-state index in [0.29, 0.717) is 12.3 Å². The second-order valence-corrected chi connectivity index (χ2v) is 5.71. The second-order valence-electron chi connectivity index (χ2n) is 4.56.